The van der Waals surface area contributed by atoms with Crippen LogP contribution in [0.5, 0.6) is 0 Å². The molecule has 1 aromatic rings. The Kier molecular flexibility index (Phi) is 4.29. The summed E-state index contributed by atoms with van der Waals surface area (Å²) >= 11 is 3.46. The Balaban J connectivity index is 2.22. The van der Waals surface area contributed by atoms with Gasteiger partial charge in [0.2, 0.25) is 0 Å². The van der Waals surface area contributed by atoms with Gasteiger partial charge in [0.15, 0.2) is 0 Å². The Morgan fingerprint density at radius 3 is 2.44 bits per heavy atom. The SMILES string of the molecule is CC(C)(C)S(=O)N1CCCC1c1ccc(Br)cc1. The monoisotopic (exact) mass is 329 g/mol. The van der Waals surface area contributed by atoms with Crippen LogP contribution in [0.15, 0.2) is 28.7 Å². The molecule has 1 aromatic carbocycles. The van der Waals surface area contributed by atoms with Crippen molar-refractivity contribution in [3.63, 3.8) is 0 Å². The van der Waals surface area contributed by atoms with Gasteiger partial charge in [-0.15, -0.1) is 0 Å². The van der Waals surface area contributed by atoms with Crippen LogP contribution in [-0.2, 0) is 11.0 Å². The first kappa shape index (κ1) is 14.2. The van der Waals surface area contributed by atoms with Gasteiger partial charge < -0.3 is 0 Å². The van der Waals surface area contributed by atoms with Crippen molar-refractivity contribution >= 4 is 26.9 Å². The number of hydrogen-bond acceptors (Lipinski definition) is 1. The molecule has 0 aromatic heterocycles. The quantitative estimate of drug-likeness (QED) is 0.801. The lowest BCUT2D eigenvalue weighted by Gasteiger charge is -2.30. The molecular weight excluding hydrogens is 310 g/mol. The Morgan fingerprint density at radius 1 is 1.28 bits per heavy atom. The zero-order chi connectivity index (χ0) is 13.3. The second kappa shape index (κ2) is 5.43. The first-order valence-corrected chi connectivity index (χ1v) is 8.23. The van der Waals surface area contributed by atoms with Crippen LogP contribution >= 0.6 is 15.9 Å². The molecule has 1 heterocycles. The summed E-state index contributed by atoms with van der Waals surface area (Å²) in [6, 6.07) is 8.69. The summed E-state index contributed by atoms with van der Waals surface area (Å²) in [5.41, 5.74) is 1.27. The minimum absolute atomic E-state index is 0.183. The number of hydrogen-bond donors (Lipinski definition) is 0. The van der Waals surface area contributed by atoms with Crippen molar-refractivity contribution in [2.75, 3.05) is 6.54 Å². The van der Waals surface area contributed by atoms with Crippen molar-refractivity contribution in [1.29, 1.82) is 0 Å². The summed E-state index contributed by atoms with van der Waals surface area (Å²) in [6.45, 7) is 7.06. The molecule has 0 aliphatic carbocycles. The van der Waals surface area contributed by atoms with E-state index in [1.807, 2.05) is 20.8 Å². The predicted molar refractivity (Wildman–Crippen MR) is 80.7 cm³/mol. The summed E-state index contributed by atoms with van der Waals surface area (Å²) in [5.74, 6) is 0. The average Bonchev–Trinajstić information content (AvgIpc) is 2.76. The van der Waals surface area contributed by atoms with Crippen molar-refractivity contribution in [3.8, 4) is 0 Å². The summed E-state index contributed by atoms with van der Waals surface area (Å²) in [5, 5.41) is 0. The Hall–Kier alpha value is -0.190. The molecule has 2 rings (SSSR count). The van der Waals surface area contributed by atoms with E-state index in [1.54, 1.807) is 0 Å². The molecule has 1 aliphatic rings. The lowest BCUT2D eigenvalue weighted by atomic mass is 10.1. The molecule has 0 amide bonds. The highest BCUT2D eigenvalue weighted by Crippen LogP contribution is 2.36. The Morgan fingerprint density at radius 2 is 1.89 bits per heavy atom. The fourth-order valence-corrected chi connectivity index (χ4v) is 4.03. The predicted octanol–water partition coefficient (Wildman–Crippen LogP) is 4.05. The van der Waals surface area contributed by atoms with Crippen LogP contribution in [0.2, 0.25) is 0 Å². The second-order valence-corrected chi connectivity index (χ2v) is 8.82. The van der Waals surface area contributed by atoms with Crippen LogP contribution in [0.3, 0.4) is 0 Å². The van der Waals surface area contributed by atoms with Crippen LogP contribution in [0.4, 0.5) is 0 Å². The minimum Gasteiger partial charge on any atom is -0.242 e. The molecular formula is C14H20BrNOS. The fourth-order valence-electron chi connectivity index (χ4n) is 2.31. The average molecular weight is 330 g/mol. The van der Waals surface area contributed by atoms with Gasteiger partial charge >= 0.3 is 0 Å². The third-order valence-corrected chi connectivity index (χ3v) is 5.63. The topological polar surface area (TPSA) is 20.3 Å². The van der Waals surface area contributed by atoms with Gasteiger partial charge in [-0.25, -0.2) is 8.51 Å². The molecule has 1 saturated heterocycles. The van der Waals surface area contributed by atoms with E-state index in [1.165, 1.54) is 5.56 Å². The molecule has 18 heavy (non-hydrogen) atoms. The Bertz CT molecular complexity index is 438. The highest BCUT2D eigenvalue weighted by molar-refractivity contribution is 9.10. The van der Waals surface area contributed by atoms with E-state index in [-0.39, 0.29) is 4.75 Å². The van der Waals surface area contributed by atoms with E-state index in [0.717, 1.165) is 23.9 Å². The van der Waals surface area contributed by atoms with E-state index in [4.69, 9.17) is 0 Å². The number of halogens is 1. The van der Waals surface area contributed by atoms with Gasteiger partial charge in [0.1, 0.15) is 11.0 Å². The molecule has 0 spiro atoms. The van der Waals surface area contributed by atoms with Gasteiger partial charge in [0.05, 0.1) is 4.75 Å². The molecule has 0 saturated carbocycles. The van der Waals surface area contributed by atoms with Gasteiger partial charge in [-0.3, -0.25) is 0 Å². The van der Waals surface area contributed by atoms with E-state index < -0.39 is 11.0 Å². The largest absolute Gasteiger partial charge is 0.242 e. The molecule has 0 radical (unpaired) electrons. The fraction of sp³-hybridized carbons (Fsp3) is 0.571. The molecule has 0 N–H and O–H groups in total. The summed E-state index contributed by atoms with van der Waals surface area (Å²) < 4.78 is 15.6. The van der Waals surface area contributed by atoms with Crippen molar-refractivity contribution in [1.82, 2.24) is 4.31 Å². The van der Waals surface area contributed by atoms with Crippen molar-refractivity contribution in [3.05, 3.63) is 34.3 Å². The molecule has 1 aliphatic heterocycles. The van der Waals surface area contributed by atoms with Crippen molar-refractivity contribution in [2.45, 2.75) is 44.4 Å². The highest BCUT2D eigenvalue weighted by atomic mass is 79.9. The van der Waals surface area contributed by atoms with Crippen LogP contribution < -0.4 is 0 Å². The Labute approximate surface area is 120 Å². The van der Waals surface area contributed by atoms with Crippen molar-refractivity contribution in [2.24, 2.45) is 0 Å². The zero-order valence-corrected chi connectivity index (χ0v) is 13.6. The van der Waals surface area contributed by atoms with E-state index in [2.05, 4.69) is 44.5 Å². The molecule has 0 bridgehead atoms. The molecule has 100 valence electrons. The second-order valence-electron chi connectivity index (χ2n) is 5.71. The van der Waals surface area contributed by atoms with Gasteiger partial charge in [-0.2, -0.15) is 0 Å². The van der Waals surface area contributed by atoms with Gasteiger partial charge in [0, 0.05) is 17.1 Å². The van der Waals surface area contributed by atoms with Crippen LogP contribution in [0.1, 0.15) is 45.2 Å². The molecule has 2 atom stereocenters. The number of rotatable bonds is 2. The van der Waals surface area contributed by atoms with Gasteiger partial charge in [-0.05, 0) is 51.3 Å². The standard InChI is InChI=1S/C14H20BrNOS/c1-14(2,3)18(17)16-10-4-5-13(16)11-6-8-12(15)9-7-11/h6-9,13H,4-5,10H2,1-3H3. The van der Waals surface area contributed by atoms with E-state index >= 15 is 0 Å². The number of nitrogens with zero attached hydrogens (tertiary/aromatic N) is 1. The van der Waals surface area contributed by atoms with Crippen LogP contribution in [0.25, 0.3) is 0 Å². The first-order chi connectivity index (χ1) is 8.39. The van der Waals surface area contributed by atoms with E-state index in [9.17, 15) is 4.21 Å². The lowest BCUT2D eigenvalue weighted by molar-refractivity contribution is 0.416. The molecule has 2 nitrogen and oxygen atoms in total. The smallest absolute Gasteiger partial charge is 0.100 e. The molecule has 4 heteroatoms. The van der Waals surface area contributed by atoms with Gasteiger partial charge in [-0.1, -0.05) is 28.1 Å². The normalized spacial score (nSPS) is 23.2. The highest BCUT2D eigenvalue weighted by Gasteiger charge is 2.35. The summed E-state index contributed by atoms with van der Waals surface area (Å²) in [4.78, 5) is 0. The lowest BCUT2D eigenvalue weighted by Crippen LogP contribution is -2.37. The third-order valence-electron chi connectivity index (χ3n) is 3.20. The van der Waals surface area contributed by atoms with Crippen LogP contribution in [-0.4, -0.2) is 19.8 Å². The van der Waals surface area contributed by atoms with Crippen molar-refractivity contribution < 1.29 is 4.21 Å². The maximum atomic E-state index is 12.5. The maximum Gasteiger partial charge on any atom is 0.100 e. The van der Waals surface area contributed by atoms with Crippen LogP contribution in [0, 0.1) is 0 Å². The third kappa shape index (κ3) is 3.03. The maximum absolute atomic E-state index is 12.5. The summed E-state index contributed by atoms with van der Waals surface area (Å²) in [7, 11) is -0.927. The zero-order valence-electron chi connectivity index (χ0n) is 11.1. The van der Waals surface area contributed by atoms with Gasteiger partial charge in [0.25, 0.3) is 0 Å². The number of benzene rings is 1. The minimum atomic E-state index is -0.927. The molecule has 2 unspecified atom stereocenters. The molecule has 1 fully saturated rings. The first-order valence-electron chi connectivity index (χ1n) is 6.34. The van der Waals surface area contributed by atoms with E-state index in [0.29, 0.717) is 6.04 Å². The summed E-state index contributed by atoms with van der Waals surface area (Å²) in [6.07, 6.45) is 2.23.